The molecule has 3 heterocycles. The summed E-state index contributed by atoms with van der Waals surface area (Å²) in [5.41, 5.74) is -1.44. The fraction of sp³-hybridized carbons (Fsp3) is 0.727. The van der Waals surface area contributed by atoms with Crippen molar-refractivity contribution in [2.24, 2.45) is 35.5 Å². The Bertz CT molecular complexity index is 820. The summed E-state index contributed by atoms with van der Waals surface area (Å²) in [5.74, 6) is -3.00. The van der Waals surface area contributed by atoms with E-state index in [2.05, 4.69) is 12.2 Å². The van der Waals surface area contributed by atoms with Crippen molar-refractivity contribution in [3.63, 3.8) is 0 Å². The fourth-order valence-electron chi connectivity index (χ4n) is 6.71. The van der Waals surface area contributed by atoms with Crippen molar-refractivity contribution in [3.8, 4) is 0 Å². The lowest BCUT2D eigenvalue weighted by molar-refractivity contribution is -0.184. The Labute approximate surface area is 169 Å². The molecule has 156 valence electrons. The van der Waals surface area contributed by atoms with Gasteiger partial charge in [0.2, 0.25) is 11.6 Å². The van der Waals surface area contributed by atoms with Gasteiger partial charge in [-0.3, -0.25) is 24.1 Å². The number of fused-ring (bicyclic) bond motifs is 1. The third kappa shape index (κ3) is 2.42. The van der Waals surface area contributed by atoms with E-state index >= 15 is 0 Å². The van der Waals surface area contributed by atoms with E-state index < -0.39 is 35.6 Å². The van der Waals surface area contributed by atoms with Crippen LogP contribution in [-0.4, -0.2) is 46.9 Å². The van der Waals surface area contributed by atoms with Gasteiger partial charge in [0.25, 0.3) is 0 Å². The van der Waals surface area contributed by atoms with Gasteiger partial charge in [-0.15, -0.1) is 0 Å². The Hall–Kier alpha value is -2.18. The summed E-state index contributed by atoms with van der Waals surface area (Å²) in [5, 5.41) is 0. The van der Waals surface area contributed by atoms with Crippen LogP contribution in [0.4, 0.5) is 0 Å². The molecule has 5 aliphatic rings. The normalized spacial score (nSPS) is 45.0. The molecule has 0 radical (unpaired) electrons. The average Bonchev–Trinajstić information content (AvgIpc) is 3.25. The van der Waals surface area contributed by atoms with Crippen LogP contribution in [0.15, 0.2) is 12.2 Å². The Balaban J connectivity index is 1.52. The number of hydrogen-bond acceptors (Lipinski definition) is 6. The van der Waals surface area contributed by atoms with Gasteiger partial charge in [0.05, 0.1) is 0 Å². The molecule has 2 aliphatic carbocycles. The molecule has 29 heavy (non-hydrogen) atoms. The fourth-order valence-corrected chi connectivity index (χ4v) is 6.71. The van der Waals surface area contributed by atoms with Crippen LogP contribution >= 0.6 is 0 Å². The first-order valence-corrected chi connectivity index (χ1v) is 10.8. The molecule has 0 aromatic rings. The molecule has 0 bridgehead atoms. The molecule has 7 nitrogen and oxygen atoms in total. The van der Waals surface area contributed by atoms with Crippen molar-refractivity contribution in [1.82, 2.24) is 4.90 Å². The van der Waals surface area contributed by atoms with E-state index in [-0.39, 0.29) is 29.4 Å². The van der Waals surface area contributed by atoms with Gasteiger partial charge in [-0.2, -0.15) is 0 Å². The van der Waals surface area contributed by atoms with Gasteiger partial charge in [0, 0.05) is 19.4 Å². The van der Waals surface area contributed by atoms with Gasteiger partial charge >= 0.3 is 11.9 Å². The van der Waals surface area contributed by atoms with Crippen molar-refractivity contribution in [2.75, 3.05) is 6.54 Å². The van der Waals surface area contributed by atoms with Crippen molar-refractivity contribution >= 4 is 23.6 Å². The van der Waals surface area contributed by atoms with Gasteiger partial charge in [-0.1, -0.05) is 31.9 Å². The maximum Gasteiger partial charge on any atom is 0.315 e. The number of hydrogen-bond donors (Lipinski definition) is 0. The lowest BCUT2D eigenvalue weighted by atomic mass is 9.62. The van der Waals surface area contributed by atoms with E-state index in [0.717, 1.165) is 25.7 Å². The van der Waals surface area contributed by atoms with Crippen LogP contribution in [0, 0.1) is 35.5 Å². The molecule has 1 saturated carbocycles. The number of amides is 1. The first-order valence-electron chi connectivity index (χ1n) is 10.8. The van der Waals surface area contributed by atoms with E-state index in [0.29, 0.717) is 18.9 Å². The first-order chi connectivity index (χ1) is 13.9. The Morgan fingerprint density at radius 3 is 2.69 bits per heavy atom. The van der Waals surface area contributed by atoms with Crippen LogP contribution in [0.25, 0.3) is 0 Å². The molecule has 5 rings (SSSR count). The number of carbonyl (C=O) groups excluding carboxylic acids is 4. The summed E-state index contributed by atoms with van der Waals surface area (Å²) in [6, 6.07) is 0. The molecule has 2 unspecified atom stereocenters. The van der Waals surface area contributed by atoms with Gasteiger partial charge in [-0.25, -0.2) is 0 Å². The summed E-state index contributed by atoms with van der Waals surface area (Å²) >= 11 is 0. The van der Waals surface area contributed by atoms with Crippen LogP contribution in [0.2, 0.25) is 0 Å². The van der Waals surface area contributed by atoms with Gasteiger partial charge in [0.15, 0.2) is 11.9 Å². The van der Waals surface area contributed by atoms with E-state index in [1.54, 1.807) is 0 Å². The molecule has 0 spiro atoms. The van der Waals surface area contributed by atoms with E-state index in [1.165, 1.54) is 11.8 Å². The Kier molecular flexibility index (Phi) is 4.16. The topological polar surface area (TPSA) is 90.0 Å². The van der Waals surface area contributed by atoms with Crippen LogP contribution in [0.3, 0.4) is 0 Å². The maximum atomic E-state index is 13.8. The second-order valence-electron chi connectivity index (χ2n) is 9.30. The SMILES string of the molecule is CC(=O)O[C@@]12[C@H]3CCN1C(=O)C(C(=O)C1[C@H]4CCCC[C@@H]4C=C[C@@H]1C)[C@@H]2OC3=O. The van der Waals surface area contributed by atoms with Gasteiger partial charge < -0.3 is 9.47 Å². The second kappa shape index (κ2) is 6.41. The summed E-state index contributed by atoms with van der Waals surface area (Å²) < 4.78 is 11.2. The lowest BCUT2D eigenvalue weighted by Gasteiger charge is -2.41. The highest BCUT2D eigenvalue weighted by molar-refractivity contribution is 6.07. The molecule has 0 aromatic heterocycles. The molecule has 3 saturated heterocycles. The third-order valence-corrected chi connectivity index (χ3v) is 7.84. The second-order valence-corrected chi connectivity index (χ2v) is 9.30. The highest BCUT2D eigenvalue weighted by atomic mass is 16.6. The molecule has 3 aliphatic heterocycles. The van der Waals surface area contributed by atoms with E-state index in [4.69, 9.17) is 9.47 Å². The minimum absolute atomic E-state index is 0.0302. The number of Topliss-reactive ketones (excluding diaryl/α,β-unsaturated/α-hetero) is 1. The summed E-state index contributed by atoms with van der Waals surface area (Å²) in [6.07, 6.45) is 7.99. The zero-order valence-electron chi connectivity index (χ0n) is 16.8. The first kappa shape index (κ1) is 18.8. The average molecular weight is 401 g/mol. The number of carbonyl (C=O) groups is 4. The van der Waals surface area contributed by atoms with Crippen molar-refractivity contribution in [3.05, 3.63) is 12.2 Å². The molecule has 7 heteroatoms. The molecule has 8 atom stereocenters. The largest absolute Gasteiger partial charge is 0.454 e. The van der Waals surface area contributed by atoms with Crippen LogP contribution in [-0.2, 0) is 28.7 Å². The number of ketones is 1. The van der Waals surface area contributed by atoms with Crippen molar-refractivity contribution < 1.29 is 28.7 Å². The monoisotopic (exact) mass is 401 g/mol. The number of rotatable bonds is 3. The quantitative estimate of drug-likeness (QED) is 0.407. The molecular weight excluding hydrogens is 374 g/mol. The maximum absolute atomic E-state index is 13.8. The zero-order chi connectivity index (χ0) is 20.5. The number of ether oxygens (including phenoxy) is 2. The van der Waals surface area contributed by atoms with Crippen molar-refractivity contribution in [2.45, 2.75) is 57.8 Å². The van der Waals surface area contributed by atoms with Crippen LogP contribution in [0.5, 0.6) is 0 Å². The summed E-state index contributed by atoms with van der Waals surface area (Å²) in [7, 11) is 0. The molecule has 0 N–H and O–H groups in total. The van der Waals surface area contributed by atoms with Crippen LogP contribution in [0.1, 0.15) is 46.0 Å². The Morgan fingerprint density at radius 1 is 1.17 bits per heavy atom. The van der Waals surface area contributed by atoms with Gasteiger partial charge in [0.1, 0.15) is 11.8 Å². The number of allylic oxidation sites excluding steroid dienone is 2. The predicted octanol–water partition coefficient (Wildman–Crippen LogP) is 1.85. The summed E-state index contributed by atoms with van der Waals surface area (Å²) in [6.45, 7) is 3.59. The predicted molar refractivity (Wildman–Crippen MR) is 99.9 cm³/mol. The lowest BCUT2D eigenvalue weighted by Crippen LogP contribution is -2.52. The van der Waals surface area contributed by atoms with Crippen molar-refractivity contribution in [1.29, 1.82) is 0 Å². The molecule has 0 aromatic carbocycles. The minimum Gasteiger partial charge on any atom is -0.454 e. The Morgan fingerprint density at radius 2 is 1.93 bits per heavy atom. The van der Waals surface area contributed by atoms with E-state index in [1.807, 2.05) is 6.92 Å². The standard InChI is InChI=1S/C22H27NO6/c1-11-7-8-13-5-3-4-6-14(13)16(11)18(25)17-19-22(29-12(2)24)15(21(27)28-19)9-10-23(22)20(17)26/h7-8,11,13-17,19H,3-6,9-10H2,1-2H3/t11-,13+,14-,15-,16?,17?,19-,22+/m0/s1. The van der Waals surface area contributed by atoms with Gasteiger partial charge in [-0.05, 0) is 37.0 Å². The number of nitrogens with zero attached hydrogens (tertiary/aromatic N) is 1. The highest BCUT2D eigenvalue weighted by Crippen LogP contribution is 2.55. The highest BCUT2D eigenvalue weighted by Gasteiger charge is 2.77. The van der Waals surface area contributed by atoms with E-state index in [9.17, 15) is 19.2 Å². The molecule has 4 fully saturated rings. The molecular formula is C22H27NO6. The smallest absolute Gasteiger partial charge is 0.315 e. The minimum atomic E-state index is -1.44. The number of esters is 2. The molecule has 1 amide bonds. The summed E-state index contributed by atoms with van der Waals surface area (Å²) in [4.78, 5) is 52.9. The third-order valence-electron chi connectivity index (χ3n) is 7.84. The zero-order valence-corrected chi connectivity index (χ0v) is 16.8. The van der Waals surface area contributed by atoms with Crippen LogP contribution < -0.4 is 0 Å².